The second-order valence-electron chi connectivity index (χ2n) is 6.29. The first-order valence-corrected chi connectivity index (χ1v) is 8.05. The zero-order valence-corrected chi connectivity index (χ0v) is 12.6. The highest BCUT2D eigenvalue weighted by Gasteiger charge is 2.27. The van der Waals surface area contributed by atoms with Gasteiger partial charge in [0, 0.05) is 45.3 Å². The van der Waals surface area contributed by atoms with Crippen LogP contribution in [0.4, 0.5) is 0 Å². The van der Waals surface area contributed by atoms with Crippen molar-refractivity contribution in [3.63, 3.8) is 0 Å². The zero-order chi connectivity index (χ0) is 13.8. The molecule has 1 unspecified atom stereocenters. The molecule has 3 nitrogen and oxygen atoms in total. The molecule has 2 saturated heterocycles. The molecule has 2 fully saturated rings. The summed E-state index contributed by atoms with van der Waals surface area (Å²) >= 11 is 0. The Labute approximate surface area is 123 Å². The van der Waals surface area contributed by atoms with E-state index in [4.69, 9.17) is 0 Å². The van der Waals surface area contributed by atoms with Crippen LogP contribution in [0.5, 0.6) is 0 Å². The zero-order valence-electron chi connectivity index (χ0n) is 12.6. The average molecular weight is 273 g/mol. The Bertz CT molecular complexity index is 394. The minimum absolute atomic E-state index is 0.671. The van der Waals surface area contributed by atoms with Crippen molar-refractivity contribution in [1.82, 2.24) is 15.1 Å². The lowest BCUT2D eigenvalue weighted by molar-refractivity contribution is 0.0717. The molecule has 20 heavy (non-hydrogen) atoms. The van der Waals surface area contributed by atoms with Gasteiger partial charge < -0.3 is 10.2 Å². The molecule has 0 bridgehead atoms. The number of piperazine rings is 1. The Kier molecular flexibility index (Phi) is 4.71. The van der Waals surface area contributed by atoms with Crippen LogP contribution in [0.3, 0.4) is 0 Å². The minimum atomic E-state index is 0.671. The van der Waals surface area contributed by atoms with Gasteiger partial charge in [0.2, 0.25) is 0 Å². The van der Waals surface area contributed by atoms with E-state index in [2.05, 4.69) is 52.4 Å². The van der Waals surface area contributed by atoms with Gasteiger partial charge in [-0.15, -0.1) is 0 Å². The molecule has 0 radical (unpaired) electrons. The molecule has 0 aromatic heterocycles. The van der Waals surface area contributed by atoms with Gasteiger partial charge in [-0.05, 0) is 24.4 Å². The van der Waals surface area contributed by atoms with Crippen LogP contribution < -0.4 is 5.32 Å². The summed E-state index contributed by atoms with van der Waals surface area (Å²) in [7, 11) is 0. The molecular formula is C17H27N3. The Morgan fingerprint density at radius 3 is 2.40 bits per heavy atom. The van der Waals surface area contributed by atoms with Crippen molar-refractivity contribution in [3.8, 4) is 0 Å². The summed E-state index contributed by atoms with van der Waals surface area (Å²) in [5.74, 6) is 0.671. The highest BCUT2D eigenvalue weighted by molar-refractivity contribution is 5.18. The van der Waals surface area contributed by atoms with Crippen LogP contribution >= 0.6 is 0 Å². The van der Waals surface area contributed by atoms with E-state index in [1.54, 1.807) is 0 Å². The topological polar surface area (TPSA) is 18.5 Å². The van der Waals surface area contributed by atoms with Crippen molar-refractivity contribution in [3.05, 3.63) is 35.9 Å². The lowest BCUT2D eigenvalue weighted by atomic mass is 9.97. The van der Waals surface area contributed by atoms with Crippen LogP contribution in [0.1, 0.15) is 24.8 Å². The molecule has 3 heteroatoms. The van der Waals surface area contributed by atoms with Gasteiger partial charge in [-0.1, -0.05) is 37.3 Å². The van der Waals surface area contributed by atoms with Crippen molar-refractivity contribution in [2.24, 2.45) is 0 Å². The fraction of sp³-hybridized carbons (Fsp3) is 0.647. The maximum absolute atomic E-state index is 3.37. The molecule has 0 spiro atoms. The highest BCUT2D eigenvalue weighted by atomic mass is 15.3. The molecule has 0 aliphatic carbocycles. The summed E-state index contributed by atoms with van der Waals surface area (Å²) in [5.41, 5.74) is 1.48. The molecule has 1 atom stereocenters. The van der Waals surface area contributed by atoms with Gasteiger partial charge in [-0.3, -0.25) is 4.90 Å². The van der Waals surface area contributed by atoms with Crippen molar-refractivity contribution in [2.45, 2.75) is 25.3 Å². The predicted octanol–water partition coefficient (Wildman–Crippen LogP) is 1.77. The van der Waals surface area contributed by atoms with E-state index in [-0.39, 0.29) is 0 Å². The van der Waals surface area contributed by atoms with E-state index in [9.17, 15) is 0 Å². The van der Waals surface area contributed by atoms with Crippen LogP contribution in [-0.2, 0) is 0 Å². The van der Waals surface area contributed by atoms with Gasteiger partial charge in [0.1, 0.15) is 0 Å². The third kappa shape index (κ3) is 3.40. The molecule has 2 aliphatic rings. The normalized spacial score (nSPS) is 23.4. The van der Waals surface area contributed by atoms with Gasteiger partial charge in [0.15, 0.2) is 0 Å². The van der Waals surface area contributed by atoms with E-state index in [1.807, 2.05) is 0 Å². The summed E-state index contributed by atoms with van der Waals surface area (Å²) in [5, 5.41) is 3.37. The van der Waals surface area contributed by atoms with Crippen LogP contribution in [0.25, 0.3) is 0 Å². The minimum Gasteiger partial charge on any atom is -0.314 e. The number of nitrogens with one attached hydrogen (secondary N) is 1. The monoisotopic (exact) mass is 273 g/mol. The predicted molar refractivity (Wildman–Crippen MR) is 84.1 cm³/mol. The third-order valence-electron chi connectivity index (χ3n) is 4.93. The van der Waals surface area contributed by atoms with E-state index in [0.717, 1.165) is 6.04 Å². The average Bonchev–Trinajstić information content (AvgIpc) is 2.45. The van der Waals surface area contributed by atoms with E-state index in [0.29, 0.717) is 5.92 Å². The van der Waals surface area contributed by atoms with Crippen molar-refractivity contribution in [1.29, 1.82) is 0 Å². The molecule has 2 heterocycles. The third-order valence-corrected chi connectivity index (χ3v) is 4.93. The van der Waals surface area contributed by atoms with Gasteiger partial charge in [0.25, 0.3) is 0 Å². The van der Waals surface area contributed by atoms with Crippen LogP contribution in [0, 0.1) is 0 Å². The number of hydrogen-bond donors (Lipinski definition) is 1. The first-order chi connectivity index (χ1) is 9.83. The van der Waals surface area contributed by atoms with Crippen molar-refractivity contribution < 1.29 is 0 Å². The van der Waals surface area contributed by atoms with Gasteiger partial charge in [-0.25, -0.2) is 0 Å². The van der Waals surface area contributed by atoms with Crippen molar-refractivity contribution in [2.75, 3.05) is 45.8 Å². The summed E-state index contributed by atoms with van der Waals surface area (Å²) in [6.07, 6.45) is 1.27. The first kappa shape index (κ1) is 14.1. The summed E-state index contributed by atoms with van der Waals surface area (Å²) < 4.78 is 0. The SMILES string of the molecule is CC(CCN1CCN(C2CNC2)CC1)c1ccccc1. The maximum Gasteiger partial charge on any atom is 0.0346 e. The number of benzene rings is 1. The molecule has 1 aromatic rings. The second-order valence-corrected chi connectivity index (χ2v) is 6.29. The Hall–Kier alpha value is -0.900. The second kappa shape index (κ2) is 6.70. The van der Waals surface area contributed by atoms with E-state index in [1.165, 1.54) is 57.8 Å². The van der Waals surface area contributed by atoms with Gasteiger partial charge >= 0.3 is 0 Å². The van der Waals surface area contributed by atoms with Gasteiger partial charge in [-0.2, -0.15) is 0 Å². The quantitative estimate of drug-likeness (QED) is 0.882. The lowest BCUT2D eigenvalue weighted by Crippen LogP contribution is -2.61. The molecule has 1 N–H and O–H groups in total. The molecular weight excluding hydrogens is 246 g/mol. The fourth-order valence-electron chi connectivity index (χ4n) is 3.21. The maximum atomic E-state index is 3.37. The molecule has 110 valence electrons. The summed E-state index contributed by atoms with van der Waals surface area (Å²) in [6.45, 7) is 11.0. The highest BCUT2D eigenvalue weighted by Crippen LogP contribution is 2.19. The molecule has 3 rings (SSSR count). The Morgan fingerprint density at radius 1 is 1.10 bits per heavy atom. The van der Waals surface area contributed by atoms with E-state index < -0.39 is 0 Å². The largest absolute Gasteiger partial charge is 0.314 e. The molecule has 0 amide bonds. The molecule has 0 saturated carbocycles. The van der Waals surface area contributed by atoms with Crippen LogP contribution in [0.2, 0.25) is 0 Å². The first-order valence-electron chi connectivity index (χ1n) is 8.05. The van der Waals surface area contributed by atoms with E-state index >= 15 is 0 Å². The van der Waals surface area contributed by atoms with Gasteiger partial charge in [0.05, 0.1) is 0 Å². The fourth-order valence-corrected chi connectivity index (χ4v) is 3.21. The summed E-state index contributed by atoms with van der Waals surface area (Å²) in [6, 6.07) is 11.7. The number of hydrogen-bond acceptors (Lipinski definition) is 3. The molecule has 2 aliphatic heterocycles. The van der Waals surface area contributed by atoms with Crippen LogP contribution in [0.15, 0.2) is 30.3 Å². The smallest absolute Gasteiger partial charge is 0.0346 e. The standard InChI is InChI=1S/C17H27N3/c1-15(16-5-3-2-4-6-16)7-8-19-9-11-20(12-10-19)17-13-18-14-17/h2-6,15,17-18H,7-14H2,1H3. The molecule has 1 aromatic carbocycles. The number of rotatable bonds is 5. The Balaban J connectivity index is 1.39. The van der Waals surface area contributed by atoms with Crippen LogP contribution in [-0.4, -0.2) is 61.7 Å². The Morgan fingerprint density at radius 2 is 1.80 bits per heavy atom. The summed E-state index contributed by atoms with van der Waals surface area (Å²) in [4.78, 5) is 5.30. The lowest BCUT2D eigenvalue weighted by Gasteiger charge is -2.43. The van der Waals surface area contributed by atoms with Crippen molar-refractivity contribution >= 4 is 0 Å². The number of nitrogens with zero attached hydrogens (tertiary/aromatic N) is 2.